The van der Waals surface area contributed by atoms with Crippen LogP contribution in [-0.2, 0) is 22.6 Å². The van der Waals surface area contributed by atoms with Gasteiger partial charge in [-0.05, 0) is 30.5 Å². The molecule has 1 aliphatic rings. The molecule has 2 heterocycles. The molecule has 0 bridgehead atoms. The summed E-state index contributed by atoms with van der Waals surface area (Å²) in [7, 11) is 1.71. The van der Waals surface area contributed by atoms with Gasteiger partial charge in [0.25, 0.3) is 5.91 Å². The van der Waals surface area contributed by atoms with Crippen LogP contribution in [0.5, 0.6) is 0 Å². The Bertz CT molecular complexity index is 807. The zero-order chi connectivity index (χ0) is 19.2. The molecule has 2 aromatic rings. The van der Waals surface area contributed by atoms with Crippen LogP contribution in [0.15, 0.2) is 29.6 Å². The van der Waals surface area contributed by atoms with Gasteiger partial charge in [0.1, 0.15) is 11.9 Å². The molecule has 1 aromatic carbocycles. The Kier molecular flexibility index (Phi) is 6.36. The van der Waals surface area contributed by atoms with Crippen molar-refractivity contribution in [2.75, 3.05) is 19.0 Å². The fraction of sp³-hybridized carbons (Fsp3) is 0.389. The van der Waals surface area contributed by atoms with Gasteiger partial charge in [-0.3, -0.25) is 10.1 Å². The average Bonchev–Trinajstić information content (AvgIpc) is 3.31. The van der Waals surface area contributed by atoms with E-state index >= 15 is 0 Å². The second-order valence-corrected chi connectivity index (χ2v) is 7.14. The zero-order valence-electron chi connectivity index (χ0n) is 14.9. The first kappa shape index (κ1) is 19.2. The van der Waals surface area contributed by atoms with Crippen molar-refractivity contribution in [2.24, 2.45) is 0 Å². The van der Waals surface area contributed by atoms with Gasteiger partial charge in [-0.2, -0.15) is 0 Å². The third-order valence-corrected chi connectivity index (χ3v) is 4.90. The molecule has 0 saturated carbocycles. The maximum absolute atomic E-state index is 13.1. The topological polar surface area (TPSA) is 83.6 Å². The van der Waals surface area contributed by atoms with Crippen LogP contribution >= 0.6 is 11.3 Å². The van der Waals surface area contributed by atoms with Crippen molar-refractivity contribution < 1.29 is 18.7 Å². The number of aromatic nitrogens is 1. The number of carbonyl (C=O) groups excluding carboxylic acids is 2. The van der Waals surface area contributed by atoms with Crippen LogP contribution in [0.2, 0.25) is 0 Å². The van der Waals surface area contributed by atoms with E-state index in [0.29, 0.717) is 29.5 Å². The lowest BCUT2D eigenvalue weighted by Crippen LogP contribution is -2.35. The van der Waals surface area contributed by atoms with Gasteiger partial charge in [-0.25, -0.2) is 14.2 Å². The monoisotopic (exact) mass is 392 g/mol. The molecule has 1 atom stereocenters. The van der Waals surface area contributed by atoms with Crippen molar-refractivity contribution in [2.45, 2.75) is 32.0 Å². The minimum absolute atomic E-state index is 0.0529. The minimum atomic E-state index is -0.427. The van der Waals surface area contributed by atoms with Gasteiger partial charge in [0.05, 0.1) is 12.2 Å². The van der Waals surface area contributed by atoms with Crippen molar-refractivity contribution >= 4 is 28.4 Å². The summed E-state index contributed by atoms with van der Waals surface area (Å²) in [6.45, 7) is 1.18. The van der Waals surface area contributed by atoms with Crippen molar-refractivity contribution in [1.82, 2.24) is 15.2 Å². The molecule has 2 N–H and O–H groups in total. The molecule has 9 heteroatoms. The number of anilines is 1. The Labute approximate surface area is 160 Å². The molecule has 1 aliphatic heterocycles. The summed E-state index contributed by atoms with van der Waals surface area (Å²) >= 11 is 1.28. The normalized spacial score (nSPS) is 16.1. The number of nitrogens with zero attached hydrogens (tertiary/aromatic N) is 2. The highest BCUT2D eigenvalue weighted by Crippen LogP contribution is 2.19. The number of benzene rings is 1. The molecule has 3 amide bonds. The summed E-state index contributed by atoms with van der Waals surface area (Å²) in [5.74, 6) is -0.399. The van der Waals surface area contributed by atoms with Gasteiger partial charge in [-0.15, -0.1) is 11.3 Å². The van der Waals surface area contributed by atoms with Crippen LogP contribution < -0.4 is 10.6 Å². The van der Waals surface area contributed by atoms with Gasteiger partial charge in [0.15, 0.2) is 5.13 Å². The van der Waals surface area contributed by atoms with E-state index in [9.17, 15) is 14.0 Å². The van der Waals surface area contributed by atoms with Gasteiger partial charge in [0.2, 0.25) is 0 Å². The van der Waals surface area contributed by atoms with E-state index < -0.39 is 6.03 Å². The molecule has 7 nitrogen and oxygen atoms in total. The lowest BCUT2D eigenvalue weighted by Gasteiger charge is -2.19. The zero-order valence-corrected chi connectivity index (χ0v) is 15.7. The standard InChI is InChI=1S/C18H21FN4O3S/c1-23(16(24)15-6-3-7-26-15)10-14-11-27-18(21-14)22-17(25)20-9-12-4-2-5-13(19)8-12/h2,4-5,8,11,15H,3,6-7,9-10H2,1H3,(H2,20,21,22,25)/t15-/m1/s1. The Balaban J connectivity index is 1.47. The number of hydrogen-bond donors (Lipinski definition) is 2. The largest absolute Gasteiger partial charge is 0.368 e. The van der Waals surface area contributed by atoms with E-state index in [1.807, 2.05) is 0 Å². The molecule has 0 radical (unpaired) electrons. The Morgan fingerprint density at radius 2 is 2.30 bits per heavy atom. The fourth-order valence-corrected chi connectivity index (χ4v) is 3.44. The molecule has 0 spiro atoms. The van der Waals surface area contributed by atoms with E-state index in [4.69, 9.17) is 4.74 Å². The summed E-state index contributed by atoms with van der Waals surface area (Å²) in [4.78, 5) is 30.1. The minimum Gasteiger partial charge on any atom is -0.368 e. The van der Waals surface area contributed by atoms with Crippen molar-refractivity contribution in [3.8, 4) is 0 Å². The number of urea groups is 1. The molecule has 0 unspecified atom stereocenters. The predicted molar refractivity (Wildman–Crippen MR) is 99.8 cm³/mol. The number of halogens is 1. The lowest BCUT2D eigenvalue weighted by molar-refractivity contribution is -0.140. The number of thiazole rings is 1. The molecule has 144 valence electrons. The second kappa shape index (κ2) is 8.92. The summed E-state index contributed by atoms with van der Waals surface area (Å²) in [5, 5.41) is 7.51. The smallest absolute Gasteiger partial charge is 0.321 e. The molecular weight excluding hydrogens is 371 g/mol. The van der Waals surface area contributed by atoms with E-state index in [0.717, 1.165) is 12.8 Å². The number of likely N-dealkylation sites (N-methyl/N-ethyl adjacent to an activating group) is 1. The van der Waals surface area contributed by atoms with Gasteiger partial charge in [0, 0.05) is 25.6 Å². The number of amides is 3. The van der Waals surface area contributed by atoms with Crippen molar-refractivity contribution in [3.05, 3.63) is 46.7 Å². The number of hydrogen-bond acceptors (Lipinski definition) is 5. The molecule has 27 heavy (non-hydrogen) atoms. The highest BCUT2D eigenvalue weighted by Gasteiger charge is 2.26. The van der Waals surface area contributed by atoms with Crippen LogP contribution in [0, 0.1) is 5.82 Å². The van der Waals surface area contributed by atoms with E-state index in [1.54, 1.807) is 29.5 Å². The Morgan fingerprint density at radius 3 is 3.04 bits per heavy atom. The number of ether oxygens (including phenoxy) is 1. The van der Waals surface area contributed by atoms with Crippen LogP contribution in [0.25, 0.3) is 0 Å². The molecule has 0 aliphatic carbocycles. The van der Waals surface area contributed by atoms with E-state index in [2.05, 4.69) is 15.6 Å². The van der Waals surface area contributed by atoms with Crippen LogP contribution in [0.1, 0.15) is 24.1 Å². The highest BCUT2D eigenvalue weighted by molar-refractivity contribution is 7.13. The van der Waals surface area contributed by atoms with Gasteiger partial charge >= 0.3 is 6.03 Å². The average molecular weight is 392 g/mol. The summed E-state index contributed by atoms with van der Waals surface area (Å²) in [6.07, 6.45) is 1.29. The number of nitrogens with one attached hydrogen (secondary N) is 2. The van der Waals surface area contributed by atoms with Gasteiger partial charge < -0.3 is 15.0 Å². The number of carbonyl (C=O) groups is 2. The molecule has 1 aromatic heterocycles. The summed E-state index contributed by atoms with van der Waals surface area (Å²) in [5.41, 5.74) is 1.36. The molecule has 1 saturated heterocycles. The maximum atomic E-state index is 13.1. The van der Waals surface area contributed by atoms with Crippen molar-refractivity contribution in [3.63, 3.8) is 0 Å². The van der Waals surface area contributed by atoms with E-state index in [1.165, 1.54) is 23.5 Å². The van der Waals surface area contributed by atoms with Gasteiger partial charge in [-0.1, -0.05) is 12.1 Å². The first-order valence-corrected chi connectivity index (χ1v) is 9.49. The number of rotatable bonds is 6. The summed E-state index contributed by atoms with van der Waals surface area (Å²) < 4.78 is 18.5. The fourth-order valence-electron chi connectivity index (χ4n) is 2.75. The lowest BCUT2D eigenvalue weighted by atomic mass is 10.2. The highest BCUT2D eigenvalue weighted by atomic mass is 32.1. The second-order valence-electron chi connectivity index (χ2n) is 6.28. The molecule has 3 rings (SSSR count). The van der Waals surface area contributed by atoms with Crippen LogP contribution in [-0.4, -0.2) is 41.6 Å². The quantitative estimate of drug-likeness (QED) is 0.792. The Morgan fingerprint density at radius 1 is 1.44 bits per heavy atom. The first-order valence-electron chi connectivity index (χ1n) is 8.61. The maximum Gasteiger partial charge on any atom is 0.321 e. The SMILES string of the molecule is CN(Cc1csc(NC(=O)NCc2cccc(F)c2)n1)C(=O)[C@H]1CCCO1. The first-order chi connectivity index (χ1) is 13.0. The van der Waals surface area contributed by atoms with Crippen molar-refractivity contribution in [1.29, 1.82) is 0 Å². The third-order valence-electron chi connectivity index (χ3n) is 4.09. The molecular formula is C18H21FN4O3S. The summed E-state index contributed by atoms with van der Waals surface area (Å²) in [6, 6.07) is 5.60. The third kappa shape index (κ3) is 5.48. The van der Waals surface area contributed by atoms with Crippen LogP contribution in [0.3, 0.4) is 0 Å². The van der Waals surface area contributed by atoms with Crippen LogP contribution in [0.4, 0.5) is 14.3 Å². The molecule has 1 fully saturated rings. The Hall–Kier alpha value is -2.52. The van der Waals surface area contributed by atoms with E-state index in [-0.39, 0.29) is 24.4 Å². The predicted octanol–water partition coefficient (Wildman–Crippen LogP) is 2.74.